The average Bonchev–Trinajstić information content (AvgIpc) is 3.17. The fourth-order valence-electron chi connectivity index (χ4n) is 2.77. The largest absolute Gasteiger partial charge is 0.388 e. The molecule has 0 saturated carbocycles. The van der Waals surface area contributed by atoms with Crippen LogP contribution in [0.2, 0.25) is 5.02 Å². The number of aliphatic imine (C=N–C) groups is 1. The summed E-state index contributed by atoms with van der Waals surface area (Å²) in [6.45, 7) is 0.915. The lowest BCUT2D eigenvalue weighted by atomic mass is 10.1. The number of benzene rings is 2. The van der Waals surface area contributed by atoms with Crippen molar-refractivity contribution in [3.63, 3.8) is 0 Å². The number of nitrogens with one attached hydrogen (secondary N) is 2. The van der Waals surface area contributed by atoms with Gasteiger partial charge in [0, 0.05) is 26.3 Å². The summed E-state index contributed by atoms with van der Waals surface area (Å²) in [5, 5.41) is 6.09. The van der Waals surface area contributed by atoms with Crippen LogP contribution in [0.4, 0.5) is 10.1 Å². The number of carbonyl (C=O) groups is 2. The predicted molar refractivity (Wildman–Crippen MR) is 119 cm³/mol. The molecular weight excluding hydrogens is 409 g/mol. The summed E-state index contributed by atoms with van der Waals surface area (Å²) in [6.07, 6.45) is 2.36. The molecule has 162 valence electrons. The van der Waals surface area contributed by atoms with Gasteiger partial charge in [-0.25, -0.2) is 4.39 Å². The number of primary amides is 1. The number of carbonyl (C=O) groups excluding carboxylic acids is 2. The second kappa shape index (κ2) is 13.2. The van der Waals surface area contributed by atoms with Crippen molar-refractivity contribution in [1.29, 1.82) is 0 Å². The fourth-order valence-corrected chi connectivity index (χ4v) is 2.89. The third kappa shape index (κ3) is 8.91. The minimum absolute atomic E-state index is 0.0556. The van der Waals surface area contributed by atoms with Gasteiger partial charge in [0.05, 0.1) is 5.02 Å². The van der Waals surface area contributed by atoms with Crippen LogP contribution in [0, 0.1) is 11.7 Å². The van der Waals surface area contributed by atoms with Gasteiger partial charge in [-0.3, -0.25) is 14.6 Å². The lowest BCUT2D eigenvalue weighted by molar-refractivity contribution is -0.129. The summed E-state index contributed by atoms with van der Waals surface area (Å²) in [5.41, 5.74) is 13.6. The van der Waals surface area contributed by atoms with Crippen molar-refractivity contribution in [1.82, 2.24) is 5.32 Å². The third-order valence-corrected chi connectivity index (χ3v) is 4.58. The van der Waals surface area contributed by atoms with E-state index in [0.29, 0.717) is 11.9 Å². The molecule has 0 saturated heterocycles. The molecule has 0 fully saturated rings. The van der Waals surface area contributed by atoms with Gasteiger partial charge in [0.1, 0.15) is 5.82 Å². The van der Waals surface area contributed by atoms with E-state index in [9.17, 15) is 9.18 Å². The molecule has 7 nitrogen and oxygen atoms in total. The van der Waals surface area contributed by atoms with Crippen LogP contribution in [0.5, 0.6) is 0 Å². The summed E-state index contributed by atoms with van der Waals surface area (Å²) in [4.78, 5) is 22.1. The van der Waals surface area contributed by atoms with Gasteiger partial charge >= 0.3 is 0 Å². The van der Waals surface area contributed by atoms with Crippen molar-refractivity contribution in [3.8, 4) is 0 Å². The van der Waals surface area contributed by atoms with Crippen molar-refractivity contribution in [2.24, 2.45) is 22.4 Å². The number of rotatable bonds is 4. The molecule has 0 unspecified atom stereocenters. The molecule has 1 aliphatic carbocycles. The number of halogens is 2. The molecule has 6 N–H and O–H groups in total. The zero-order valence-corrected chi connectivity index (χ0v) is 17.7. The number of hydrogen-bond donors (Lipinski definition) is 4. The quantitative estimate of drug-likeness (QED) is 0.253. The fraction of sp³-hybridized carbons (Fsp3) is 0.286. The number of anilines is 1. The standard InChI is InChI=1S/C12H17N3.C7H7ClFN.C2H3NO2/c1-14-12(13)15-8-9-6-10-4-2-3-5-11(10)7-9;1-10-5-2-3-6(8)7(9)4-5;3-2(5)1-4/h2-5,9H,6-8H2,1H3,(H3,13,14,15);2-4,10H,1H3;1H,(H2,3,5). The maximum absolute atomic E-state index is 12.6. The van der Waals surface area contributed by atoms with Gasteiger partial charge in [-0.15, -0.1) is 0 Å². The highest BCUT2D eigenvalue weighted by atomic mass is 35.5. The summed E-state index contributed by atoms with van der Waals surface area (Å²) in [5.74, 6) is -0.132. The molecule has 0 spiro atoms. The molecule has 1 aliphatic rings. The first-order valence-corrected chi connectivity index (χ1v) is 9.58. The van der Waals surface area contributed by atoms with E-state index in [4.69, 9.17) is 22.1 Å². The molecule has 0 aliphatic heterocycles. The van der Waals surface area contributed by atoms with Crippen LogP contribution in [-0.2, 0) is 22.4 Å². The SMILES string of the molecule is CN=C(N)NCC1Cc2ccccc2C1.CNc1ccc(Cl)c(F)c1.NC(=O)C=O. The number of nitrogens with two attached hydrogens (primary N) is 2. The lowest BCUT2D eigenvalue weighted by Gasteiger charge is -2.10. The second-order valence-electron chi connectivity index (χ2n) is 6.43. The Bertz CT molecular complexity index is 851. The third-order valence-electron chi connectivity index (χ3n) is 4.27. The van der Waals surface area contributed by atoms with Crippen molar-refractivity contribution in [2.45, 2.75) is 12.8 Å². The molecule has 9 heteroatoms. The Morgan fingerprint density at radius 3 is 2.23 bits per heavy atom. The van der Waals surface area contributed by atoms with E-state index in [1.54, 1.807) is 20.2 Å². The van der Waals surface area contributed by atoms with E-state index in [2.05, 4.69) is 45.6 Å². The zero-order valence-electron chi connectivity index (χ0n) is 17.0. The summed E-state index contributed by atoms with van der Waals surface area (Å²) in [7, 11) is 3.43. The number of nitrogens with zero attached hydrogens (tertiary/aromatic N) is 1. The van der Waals surface area contributed by atoms with Crippen molar-refractivity contribution >= 4 is 35.4 Å². The number of fused-ring (bicyclic) bond motifs is 1. The van der Waals surface area contributed by atoms with Crippen LogP contribution in [-0.4, -0.2) is 38.8 Å². The molecule has 1 amide bonds. The Labute approximate surface area is 180 Å². The highest BCUT2D eigenvalue weighted by molar-refractivity contribution is 6.30. The van der Waals surface area contributed by atoms with Crippen molar-refractivity contribution in [3.05, 3.63) is 64.4 Å². The van der Waals surface area contributed by atoms with Gasteiger partial charge in [0.15, 0.2) is 5.96 Å². The molecule has 0 aromatic heterocycles. The minimum Gasteiger partial charge on any atom is -0.388 e. The van der Waals surface area contributed by atoms with E-state index in [1.807, 2.05) is 0 Å². The number of guanidine groups is 1. The van der Waals surface area contributed by atoms with Crippen LogP contribution in [0.25, 0.3) is 0 Å². The smallest absolute Gasteiger partial charge is 0.281 e. The Hall–Kier alpha value is -3.13. The van der Waals surface area contributed by atoms with Crippen LogP contribution in [0.3, 0.4) is 0 Å². The Balaban J connectivity index is 0.000000259. The molecule has 30 heavy (non-hydrogen) atoms. The minimum atomic E-state index is -0.926. The van der Waals surface area contributed by atoms with Gasteiger partial charge in [-0.05, 0) is 48.1 Å². The second-order valence-corrected chi connectivity index (χ2v) is 6.84. The molecular formula is C21H27ClFN5O2. The number of aldehydes is 1. The molecule has 0 bridgehead atoms. The monoisotopic (exact) mass is 435 g/mol. The Kier molecular flexibility index (Phi) is 10.9. The first-order chi connectivity index (χ1) is 14.3. The molecule has 3 rings (SSSR count). The first-order valence-electron chi connectivity index (χ1n) is 9.21. The van der Waals surface area contributed by atoms with Gasteiger partial charge < -0.3 is 22.1 Å². The lowest BCUT2D eigenvalue weighted by Crippen LogP contribution is -2.35. The molecule has 0 heterocycles. The van der Waals surface area contributed by atoms with Gasteiger partial charge in [0.2, 0.25) is 6.29 Å². The van der Waals surface area contributed by atoms with Gasteiger partial charge in [-0.1, -0.05) is 35.9 Å². The van der Waals surface area contributed by atoms with Gasteiger partial charge in [0.25, 0.3) is 5.91 Å². The van der Waals surface area contributed by atoms with Crippen LogP contribution < -0.4 is 22.1 Å². The highest BCUT2D eigenvalue weighted by Crippen LogP contribution is 2.25. The van der Waals surface area contributed by atoms with Crippen LogP contribution >= 0.6 is 11.6 Å². The van der Waals surface area contributed by atoms with Crippen LogP contribution in [0.15, 0.2) is 47.5 Å². The van der Waals surface area contributed by atoms with Gasteiger partial charge in [-0.2, -0.15) is 0 Å². The Morgan fingerprint density at radius 1 is 1.23 bits per heavy atom. The van der Waals surface area contributed by atoms with E-state index >= 15 is 0 Å². The summed E-state index contributed by atoms with van der Waals surface area (Å²) in [6, 6.07) is 13.2. The van der Waals surface area contributed by atoms with E-state index in [1.165, 1.54) is 23.3 Å². The topological polar surface area (TPSA) is 123 Å². The zero-order chi connectivity index (χ0) is 22.5. The first kappa shape index (κ1) is 24.9. The molecule has 2 aromatic carbocycles. The van der Waals surface area contributed by atoms with Crippen LogP contribution in [0.1, 0.15) is 11.1 Å². The van der Waals surface area contributed by atoms with E-state index < -0.39 is 11.7 Å². The molecule has 0 atom stereocenters. The highest BCUT2D eigenvalue weighted by Gasteiger charge is 2.20. The predicted octanol–water partition coefficient (Wildman–Crippen LogP) is 2.13. The number of amides is 1. The maximum atomic E-state index is 12.6. The van der Waals surface area contributed by atoms with Crippen molar-refractivity contribution in [2.75, 3.05) is 26.0 Å². The normalized spacial score (nSPS) is 12.5. The van der Waals surface area contributed by atoms with E-state index in [-0.39, 0.29) is 11.3 Å². The van der Waals surface area contributed by atoms with Crippen molar-refractivity contribution < 1.29 is 14.0 Å². The van der Waals surface area contributed by atoms with E-state index in [0.717, 1.165) is 25.1 Å². The molecule has 0 radical (unpaired) electrons. The summed E-state index contributed by atoms with van der Waals surface area (Å²) >= 11 is 5.43. The maximum Gasteiger partial charge on any atom is 0.281 e. The average molecular weight is 436 g/mol. The number of hydrogen-bond acceptors (Lipinski definition) is 4. The Morgan fingerprint density at radius 2 is 1.80 bits per heavy atom. The molecule has 2 aromatic rings. The summed E-state index contributed by atoms with van der Waals surface area (Å²) < 4.78 is 12.6.